The number of benzene rings is 1. The molecule has 1 aromatic carbocycles. The van der Waals surface area contributed by atoms with E-state index < -0.39 is 0 Å². The van der Waals surface area contributed by atoms with Crippen LogP contribution in [-0.2, 0) is 21.1 Å². The third-order valence-electron chi connectivity index (χ3n) is 3.00. The molecule has 2 aromatic heterocycles. The van der Waals surface area contributed by atoms with Crippen molar-refractivity contribution in [1.29, 1.82) is 0 Å². The van der Waals surface area contributed by atoms with Gasteiger partial charge in [-0.3, -0.25) is 9.97 Å². The maximum absolute atomic E-state index is 6.48. The third kappa shape index (κ3) is 6.99. The zero-order chi connectivity index (χ0) is 17.4. The minimum Gasteiger partial charge on any atom is -0.311 e. The summed E-state index contributed by atoms with van der Waals surface area (Å²) in [5.41, 5.74) is 3.51. The van der Waals surface area contributed by atoms with Gasteiger partial charge in [0.15, 0.2) is 0 Å². The first-order valence-electron chi connectivity index (χ1n) is 7.74. The Hall–Kier alpha value is -2.30. The molecule has 0 saturated heterocycles. The SMILES string of the molecule is [C-]#[N+]C(C)(C)C.[Pt+2].[c-]1ccccc1-c1cccc(-c2ccccn2)n1. The van der Waals surface area contributed by atoms with Gasteiger partial charge >= 0.3 is 21.1 Å². The first-order chi connectivity index (χ1) is 11.5. The van der Waals surface area contributed by atoms with Crippen LogP contribution < -0.4 is 0 Å². The largest absolute Gasteiger partial charge is 2.00 e. The van der Waals surface area contributed by atoms with Gasteiger partial charge in [-0.05, 0) is 23.9 Å². The van der Waals surface area contributed by atoms with Gasteiger partial charge in [-0.25, -0.2) is 6.57 Å². The number of hydrogen-bond acceptors (Lipinski definition) is 2. The van der Waals surface area contributed by atoms with E-state index in [1.807, 2.05) is 81.4 Å². The number of rotatable bonds is 2. The molecule has 2 heterocycles. The summed E-state index contributed by atoms with van der Waals surface area (Å²) < 4.78 is 0. The first kappa shape index (κ1) is 20.7. The Balaban J connectivity index is 0.000000390. The normalized spacial score (nSPS) is 9.84. The molecule has 3 nitrogen and oxygen atoms in total. The van der Waals surface area contributed by atoms with Crippen molar-refractivity contribution in [2.24, 2.45) is 0 Å². The molecular weight excluding hydrogens is 489 g/mol. The van der Waals surface area contributed by atoms with Crippen molar-refractivity contribution in [1.82, 2.24) is 9.97 Å². The van der Waals surface area contributed by atoms with Gasteiger partial charge in [0.25, 0.3) is 0 Å². The molecule has 0 aliphatic heterocycles. The molecule has 0 N–H and O–H groups in total. The van der Waals surface area contributed by atoms with Crippen LogP contribution in [-0.4, -0.2) is 15.5 Å². The van der Waals surface area contributed by atoms with E-state index in [0.29, 0.717) is 0 Å². The van der Waals surface area contributed by atoms with Crippen molar-refractivity contribution in [2.45, 2.75) is 26.3 Å². The Morgan fingerprint density at radius 1 is 0.880 bits per heavy atom. The molecular formula is C21H20N3Pt+. The van der Waals surface area contributed by atoms with Crippen LogP contribution in [0, 0.1) is 12.6 Å². The first-order valence-corrected chi connectivity index (χ1v) is 7.74. The Kier molecular flexibility index (Phi) is 8.18. The average Bonchev–Trinajstić information content (AvgIpc) is 2.63. The Morgan fingerprint density at radius 2 is 1.52 bits per heavy atom. The van der Waals surface area contributed by atoms with Gasteiger partial charge < -0.3 is 4.85 Å². The van der Waals surface area contributed by atoms with E-state index in [0.717, 1.165) is 22.6 Å². The van der Waals surface area contributed by atoms with Crippen molar-refractivity contribution >= 4 is 0 Å². The summed E-state index contributed by atoms with van der Waals surface area (Å²) in [6.07, 6.45) is 1.78. The predicted octanol–water partition coefficient (Wildman–Crippen LogP) is 5.31. The summed E-state index contributed by atoms with van der Waals surface area (Å²) in [6.45, 7) is 12.1. The zero-order valence-electron chi connectivity index (χ0n) is 14.5. The van der Waals surface area contributed by atoms with E-state index in [1.165, 1.54) is 0 Å². The minimum absolute atomic E-state index is 0. The van der Waals surface area contributed by atoms with Crippen LogP contribution in [0.4, 0.5) is 0 Å². The summed E-state index contributed by atoms with van der Waals surface area (Å²) in [5.74, 6) is 0. The molecule has 3 rings (SSSR count). The molecule has 0 aliphatic rings. The molecule has 0 spiro atoms. The van der Waals surface area contributed by atoms with Crippen molar-refractivity contribution in [3.63, 3.8) is 0 Å². The van der Waals surface area contributed by atoms with E-state index in [1.54, 1.807) is 6.20 Å². The standard InChI is InChI=1S/C16H11N2.C5H9N.Pt/c1-2-7-13(8-3-1)14-10-6-11-16(18-14)15-9-4-5-12-17-15;1-5(2,3)6-4;/h1-7,9-12H;1-3H3;/q-1;;+2. The van der Waals surface area contributed by atoms with Crippen LogP contribution in [0.25, 0.3) is 27.5 Å². The fourth-order valence-corrected chi connectivity index (χ4v) is 1.79. The fraction of sp³-hybridized carbons (Fsp3) is 0.190. The molecule has 0 unspecified atom stereocenters. The maximum Gasteiger partial charge on any atom is 2.00 e. The Labute approximate surface area is 164 Å². The number of hydrogen-bond donors (Lipinski definition) is 0. The molecule has 4 heteroatoms. The minimum atomic E-state index is -0.167. The Morgan fingerprint density at radius 3 is 2.08 bits per heavy atom. The predicted molar refractivity (Wildman–Crippen MR) is 98.1 cm³/mol. The zero-order valence-corrected chi connectivity index (χ0v) is 16.8. The van der Waals surface area contributed by atoms with Gasteiger partial charge in [-0.2, -0.15) is 0 Å². The summed E-state index contributed by atoms with van der Waals surface area (Å²) in [4.78, 5) is 12.2. The molecule has 3 aromatic rings. The number of nitrogens with zero attached hydrogens (tertiary/aromatic N) is 3. The van der Waals surface area contributed by atoms with Crippen LogP contribution in [0.1, 0.15) is 20.8 Å². The van der Waals surface area contributed by atoms with Crippen molar-refractivity contribution in [3.8, 4) is 22.6 Å². The van der Waals surface area contributed by atoms with E-state index >= 15 is 0 Å². The van der Waals surface area contributed by atoms with E-state index in [9.17, 15) is 0 Å². The van der Waals surface area contributed by atoms with E-state index in [-0.39, 0.29) is 26.6 Å². The van der Waals surface area contributed by atoms with Gasteiger partial charge in [0.2, 0.25) is 5.54 Å². The smallest absolute Gasteiger partial charge is 0.311 e. The second-order valence-electron chi connectivity index (χ2n) is 6.18. The van der Waals surface area contributed by atoms with E-state index in [2.05, 4.69) is 20.9 Å². The maximum atomic E-state index is 6.48. The second kappa shape index (κ2) is 9.86. The topological polar surface area (TPSA) is 30.1 Å². The van der Waals surface area contributed by atoms with Crippen LogP contribution >= 0.6 is 0 Å². The Bertz CT molecular complexity index is 749. The molecule has 0 aliphatic carbocycles. The van der Waals surface area contributed by atoms with Crippen molar-refractivity contribution in [2.75, 3.05) is 0 Å². The van der Waals surface area contributed by atoms with E-state index in [4.69, 9.17) is 6.57 Å². The molecule has 0 fully saturated rings. The monoisotopic (exact) mass is 509 g/mol. The summed E-state index contributed by atoms with van der Waals surface area (Å²) >= 11 is 0. The van der Waals surface area contributed by atoms with Gasteiger partial charge in [0, 0.05) is 27.0 Å². The molecule has 25 heavy (non-hydrogen) atoms. The third-order valence-corrected chi connectivity index (χ3v) is 3.00. The molecule has 0 amide bonds. The van der Waals surface area contributed by atoms with Crippen LogP contribution in [0.15, 0.2) is 66.9 Å². The van der Waals surface area contributed by atoms with Gasteiger partial charge in [0.05, 0.1) is 11.4 Å². The molecule has 0 bridgehead atoms. The average molecular weight is 509 g/mol. The molecule has 128 valence electrons. The number of aromatic nitrogens is 2. The van der Waals surface area contributed by atoms with Gasteiger partial charge in [-0.15, -0.1) is 35.9 Å². The molecule has 0 atom stereocenters. The second-order valence-corrected chi connectivity index (χ2v) is 6.18. The van der Waals surface area contributed by atoms with Gasteiger partial charge in [-0.1, -0.05) is 18.2 Å². The fourth-order valence-electron chi connectivity index (χ4n) is 1.79. The summed E-state index contributed by atoms with van der Waals surface area (Å²) in [5, 5.41) is 0. The molecule has 0 radical (unpaired) electrons. The van der Waals surface area contributed by atoms with Gasteiger partial charge in [0.1, 0.15) is 0 Å². The quantitative estimate of drug-likeness (QED) is 0.439. The summed E-state index contributed by atoms with van der Waals surface area (Å²) in [6, 6.07) is 22.8. The van der Waals surface area contributed by atoms with Crippen molar-refractivity contribution < 1.29 is 21.1 Å². The summed E-state index contributed by atoms with van der Waals surface area (Å²) in [7, 11) is 0. The van der Waals surface area contributed by atoms with Crippen molar-refractivity contribution in [3.05, 3.63) is 84.3 Å². The van der Waals surface area contributed by atoms with Crippen LogP contribution in [0.5, 0.6) is 0 Å². The van der Waals surface area contributed by atoms with Crippen LogP contribution in [0.3, 0.4) is 0 Å². The van der Waals surface area contributed by atoms with Crippen LogP contribution in [0.2, 0.25) is 0 Å². The molecule has 0 saturated carbocycles. The number of pyridine rings is 2.